The molecule has 0 saturated carbocycles. The maximum Gasteiger partial charge on any atom is 0.203 e. The van der Waals surface area contributed by atoms with E-state index in [1.807, 2.05) is 24.6 Å². The Kier molecular flexibility index (Phi) is 3.34. The summed E-state index contributed by atoms with van der Waals surface area (Å²) in [6, 6.07) is 5.44. The molecule has 5 heteroatoms. The smallest absolute Gasteiger partial charge is 0.203 e. The zero-order chi connectivity index (χ0) is 11.4. The molecule has 4 nitrogen and oxygen atoms in total. The molecule has 0 fully saturated rings. The predicted molar refractivity (Wildman–Crippen MR) is 60.8 cm³/mol. The van der Waals surface area contributed by atoms with Crippen LogP contribution in [0.25, 0.3) is 0 Å². The molecule has 0 aliphatic heterocycles. The molecule has 0 bridgehead atoms. The van der Waals surface area contributed by atoms with E-state index in [9.17, 15) is 0 Å². The molecule has 0 aromatic carbocycles. The van der Waals surface area contributed by atoms with Crippen LogP contribution in [-0.2, 0) is 13.1 Å². The van der Waals surface area contributed by atoms with Gasteiger partial charge in [-0.3, -0.25) is 0 Å². The molecule has 0 amide bonds. The Hall–Kier alpha value is -1.64. The lowest BCUT2D eigenvalue weighted by Crippen LogP contribution is -2.11. The van der Waals surface area contributed by atoms with Crippen LogP contribution in [-0.4, -0.2) is 4.98 Å². The number of hydrogen-bond donors (Lipinski definition) is 1. The highest BCUT2D eigenvalue weighted by Gasteiger charge is 2.03. The molecular weight excluding hydrogens is 222 g/mol. The summed E-state index contributed by atoms with van der Waals surface area (Å²) in [6.07, 6.45) is 0. The number of furan rings is 1. The summed E-state index contributed by atoms with van der Waals surface area (Å²) in [6.45, 7) is 3.40. The number of nitrogens with one attached hydrogen (secondary N) is 1. The van der Waals surface area contributed by atoms with E-state index in [2.05, 4.69) is 10.3 Å². The van der Waals surface area contributed by atoms with E-state index in [0.717, 1.165) is 18.0 Å². The molecule has 0 radical (unpaired) electrons. The molecule has 2 aromatic heterocycles. The van der Waals surface area contributed by atoms with Crippen LogP contribution in [0.2, 0.25) is 0 Å². The summed E-state index contributed by atoms with van der Waals surface area (Å²) >= 11 is 1.64. The Labute approximate surface area is 97.5 Å². The molecule has 2 rings (SSSR count). The van der Waals surface area contributed by atoms with Gasteiger partial charge in [0.05, 0.1) is 17.7 Å². The summed E-state index contributed by atoms with van der Waals surface area (Å²) in [5.41, 5.74) is 2.90. The van der Waals surface area contributed by atoms with Gasteiger partial charge in [-0.25, -0.2) is 4.98 Å². The van der Waals surface area contributed by atoms with Crippen molar-refractivity contribution in [3.05, 3.63) is 39.7 Å². The lowest BCUT2D eigenvalue weighted by atomic mass is 10.4. The molecule has 2 heterocycles. The summed E-state index contributed by atoms with van der Waals surface area (Å²) in [7, 11) is 0. The maximum atomic E-state index is 8.59. The molecule has 0 saturated heterocycles. The Morgan fingerprint density at radius 2 is 2.38 bits per heavy atom. The van der Waals surface area contributed by atoms with Gasteiger partial charge < -0.3 is 9.73 Å². The first-order valence-corrected chi connectivity index (χ1v) is 5.76. The SMILES string of the molecule is Cc1ncsc1CNCc1ccc(C#N)o1. The van der Waals surface area contributed by atoms with Crippen molar-refractivity contribution in [3.63, 3.8) is 0 Å². The number of aryl methyl sites for hydroxylation is 1. The van der Waals surface area contributed by atoms with Crippen LogP contribution in [0, 0.1) is 18.3 Å². The highest BCUT2D eigenvalue weighted by molar-refractivity contribution is 7.09. The molecule has 0 spiro atoms. The van der Waals surface area contributed by atoms with Gasteiger partial charge in [0.15, 0.2) is 0 Å². The first-order chi connectivity index (χ1) is 7.79. The molecule has 0 aliphatic carbocycles. The summed E-state index contributed by atoms with van der Waals surface area (Å²) in [5, 5.41) is 11.8. The molecule has 2 aromatic rings. The molecule has 0 aliphatic rings. The zero-order valence-corrected chi connectivity index (χ0v) is 9.67. The predicted octanol–water partition coefficient (Wildman–Crippen LogP) is 2.21. The topological polar surface area (TPSA) is 61.9 Å². The van der Waals surface area contributed by atoms with Gasteiger partial charge in [-0.1, -0.05) is 0 Å². The van der Waals surface area contributed by atoms with E-state index >= 15 is 0 Å². The van der Waals surface area contributed by atoms with Crippen molar-refractivity contribution in [2.45, 2.75) is 20.0 Å². The fourth-order valence-electron chi connectivity index (χ4n) is 1.33. The third kappa shape index (κ3) is 2.48. The minimum absolute atomic E-state index is 0.353. The van der Waals surface area contributed by atoms with Gasteiger partial charge in [-0.15, -0.1) is 11.3 Å². The Morgan fingerprint density at radius 1 is 1.50 bits per heavy atom. The fourth-order valence-corrected chi connectivity index (χ4v) is 2.07. The van der Waals surface area contributed by atoms with Crippen LogP contribution in [0.4, 0.5) is 0 Å². The van der Waals surface area contributed by atoms with E-state index < -0.39 is 0 Å². The van der Waals surface area contributed by atoms with Crippen molar-refractivity contribution in [2.75, 3.05) is 0 Å². The molecular formula is C11H11N3OS. The summed E-state index contributed by atoms with van der Waals surface area (Å²) in [4.78, 5) is 5.40. The number of nitriles is 1. The van der Waals surface area contributed by atoms with Gasteiger partial charge in [-0.05, 0) is 19.1 Å². The van der Waals surface area contributed by atoms with Gasteiger partial charge >= 0.3 is 0 Å². The van der Waals surface area contributed by atoms with Crippen molar-refractivity contribution in [2.24, 2.45) is 0 Å². The number of nitrogens with zero attached hydrogens (tertiary/aromatic N) is 2. The van der Waals surface area contributed by atoms with Crippen LogP contribution >= 0.6 is 11.3 Å². The molecule has 0 atom stereocenters. The first kappa shape index (κ1) is 10.9. The number of aromatic nitrogens is 1. The average molecular weight is 233 g/mol. The normalized spacial score (nSPS) is 10.2. The second-order valence-corrected chi connectivity index (χ2v) is 4.28. The van der Waals surface area contributed by atoms with Crippen LogP contribution in [0.5, 0.6) is 0 Å². The minimum atomic E-state index is 0.353. The molecule has 16 heavy (non-hydrogen) atoms. The van der Waals surface area contributed by atoms with Crippen LogP contribution in [0.3, 0.4) is 0 Å². The van der Waals surface area contributed by atoms with Gasteiger partial charge in [-0.2, -0.15) is 5.26 Å². The maximum absolute atomic E-state index is 8.59. The van der Waals surface area contributed by atoms with Crippen molar-refractivity contribution < 1.29 is 4.42 Å². The Balaban J connectivity index is 1.85. The van der Waals surface area contributed by atoms with Gasteiger partial charge in [0.1, 0.15) is 11.8 Å². The quantitative estimate of drug-likeness (QED) is 0.879. The van der Waals surface area contributed by atoms with E-state index in [0.29, 0.717) is 12.3 Å². The largest absolute Gasteiger partial charge is 0.449 e. The third-order valence-electron chi connectivity index (χ3n) is 2.20. The lowest BCUT2D eigenvalue weighted by molar-refractivity contribution is 0.474. The zero-order valence-electron chi connectivity index (χ0n) is 8.86. The van der Waals surface area contributed by atoms with Crippen LogP contribution in [0.15, 0.2) is 22.1 Å². The second-order valence-electron chi connectivity index (χ2n) is 3.34. The van der Waals surface area contributed by atoms with Crippen LogP contribution in [0.1, 0.15) is 22.1 Å². The number of hydrogen-bond acceptors (Lipinski definition) is 5. The fraction of sp³-hybridized carbons (Fsp3) is 0.273. The van der Waals surface area contributed by atoms with Crippen molar-refractivity contribution in [1.82, 2.24) is 10.3 Å². The van der Waals surface area contributed by atoms with Crippen molar-refractivity contribution in [3.8, 4) is 6.07 Å². The van der Waals surface area contributed by atoms with Crippen molar-refractivity contribution >= 4 is 11.3 Å². The van der Waals surface area contributed by atoms with E-state index in [4.69, 9.17) is 9.68 Å². The van der Waals surface area contributed by atoms with E-state index in [1.54, 1.807) is 17.4 Å². The minimum Gasteiger partial charge on any atom is -0.449 e. The van der Waals surface area contributed by atoms with E-state index in [1.165, 1.54) is 4.88 Å². The monoisotopic (exact) mass is 233 g/mol. The molecule has 0 unspecified atom stereocenters. The first-order valence-electron chi connectivity index (χ1n) is 4.88. The highest BCUT2D eigenvalue weighted by Crippen LogP contribution is 2.12. The Bertz CT molecular complexity index is 509. The average Bonchev–Trinajstić information content (AvgIpc) is 2.89. The standard InChI is InChI=1S/C11H11N3OS/c1-8-11(16-7-14-8)6-13-5-10-3-2-9(4-12)15-10/h2-3,7,13H,5-6H2,1H3. The summed E-state index contributed by atoms with van der Waals surface area (Å²) in [5.74, 6) is 1.13. The molecule has 82 valence electrons. The van der Waals surface area contributed by atoms with E-state index in [-0.39, 0.29) is 0 Å². The second kappa shape index (κ2) is 4.92. The van der Waals surface area contributed by atoms with Gasteiger partial charge in [0.2, 0.25) is 5.76 Å². The van der Waals surface area contributed by atoms with Gasteiger partial charge in [0.25, 0.3) is 0 Å². The number of thiazole rings is 1. The number of rotatable bonds is 4. The van der Waals surface area contributed by atoms with Gasteiger partial charge in [0, 0.05) is 11.4 Å². The lowest BCUT2D eigenvalue weighted by Gasteiger charge is -2.00. The van der Waals surface area contributed by atoms with Crippen LogP contribution < -0.4 is 5.32 Å². The highest BCUT2D eigenvalue weighted by atomic mass is 32.1. The third-order valence-corrected chi connectivity index (χ3v) is 3.14. The Morgan fingerprint density at radius 3 is 3.00 bits per heavy atom. The molecule has 1 N–H and O–H groups in total. The summed E-state index contributed by atoms with van der Waals surface area (Å²) < 4.78 is 5.25. The van der Waals surface area contributed by atoms with Crippen molar-refractivity contribution in [1.29, 1.82) is 5.26 Å².